The summed E-state index contributed by atoms with van der Waals surface area (Å²) in [7, 11) is 2.08. The molecule has 0 bridgehead atoms. The number of anilines is 1. The predicted molar refractivity (Wildman–Crippen MR) is 123 cm³/mol. The number of allylic oxidation sites excluding steroid dienone is 1. The average molecular weight is 400 g/mol. The van der Waals surface area contributed by atoms with Gasteiger partial charge in [0.1, 0.15) is 13.7 Å². The molecule has 1 N–H and O–H groups in total. The van der Waals surface area contributed by atoms with Crippen LogP contribution in [-0.4, -0.2) is 45.4 Å². The Morgan fingerprint density at radius 3 is 2.97 bits per heavy atom. The third kappa shape index (κ3) is 4.06. The molecule has 2 aliphatic rings. The van der Waals surface area contributed by atoms with Gasteiger partial charge in [0.15, 0.2) is 5.65 Å². The maximum Gasteiger partial charge on any atom is 0.151 e. The van der Waals surface area contributed by atoms with Crippen molar-refractivity contribution < 1.29 is 0 Å². The summed E-state index contributed by atoms with van der Waals surface area (Å²) in [5.74, 6) is 2.29. The second kappa shape index (κ2) is 8.13. The van der Waals surface area contributed by atoms with E-state index in [4.69, 9.17) is 4.98 Å². The van der Waals surface area contributed by atoms with Gasteiger partial charge in [-0.05, 0) is 55.1 Å². The van der Waals surface area contributed by atoms with E-state index in [1.54, 1.807) is 6.20 Å². The number of rotatable bonds is 7. The summed E-state index contributed by atoms with van der Waals surface area (Å²) in [4.78, 5) is 11.8. The molecule has 1 atom stereocenters. The molecule has 4 heterocycles. The molecule has 1 aliphatic heterocycles. The van der Waals surface area contributed by atoms with Crippen molar-refractivity contribution in [3.63, 3.8) is 0 Å². The highest BCUT2D eigenvalue weighted by molar-refractivity contribution is 6.36. The number of pyridine rings is 1. The third-order valence-electron chi connectivity index (χ3n) is 6.37. The maximum absolute atomic E-state index is 5.03. The van der Waals surface area contributed by atoms with Gasteiger partial charge in [-0.25, -0.2) is 4.98 Å². The zero-order valence-electron chi connectivity index (χ0n) is 17.7. The van der Waals surface area contributed by atoms with Gasteiger partial charge < -0.3 is 10.2 Å². The molecule has 1 unspecified atom stereocenters. The summed E-state index contributed by atoms with van der Waals surface area (Å²) in [6.07, 6.45) is 11.9. The van der Waals surface area contributed by atoms with Gasteiger partial charge in [-0.2, -0.15) is 9.61 Å². The lowest BCUT2D eigenvalue weighted by Gasteiger charge is -2.35. The largest absolute Gasteiger partial charge is 0.375 e. The Kier molecular flexibility index (Phi) is 5.19. The van der Waals surface area contributed by atoms with E-state index in [1.165, 1.54) is 37.8 Å². The van der Waals surface area contributed by atoms with E-state index in [9.17, 15) is 0 Å². The molecule has 5 rings (SSSR count). The number of nitrogens with one attached hydrogen (secondary N) is 1. The Morgan fingerprint density at radius 1 is 1.27 bits per heavy atom. The summed E-state index contributed by atoms with van der Waals surface area (Å²) >= 11 is 0. The van der Waals surface area contributed by atoms with Crippen molar-refractivity contribution >= 4 is 24.8 Å². The van der Waals surface area contributed by atoms with Crippen molar-refractivity contribution in [1.29, 1.82) is 0 Å². The van der Waals surface area contributed by atoms with E-state index >= 15 is 0 Å². The van der Waals surface area contributed by atoms with Crippen molar-refractivity contribution in [2.45, 2.75) is 44.6 Å². The Labute approximate surface area is 178 Å². The second-order valence-corrected chi connectivity index (χ2v) is 8.84. The van der Waals surface area contributed by atoms with Crippen molar-refractivity contribution in [2.24, 2.45) is 5.92 Å². The topological polar surface area (TPSA) is 58.4 Å². The van der Waals surface area contributed by atoms with E-state index in [0.29, 0.717) is 12.5 Å². The Hall–Kier alpha value is -2.83. The Bertz CT molecular complexity index is 1040. The minimum absolute atomic E-state index is 0.424. The molecule has 6 nitrogen and oxygen atoms in total. The van der Waals surface area contributed by atoms with Crippen molar-refractivity contribution in [1.82, 2.24) is 24.5 Å². The van der Waals surface area contributed by atoms with Crippen LogP contribution < -0.4 is 10.8 Å². The number of nitrogens with zero attached hydrogens (tertiary/aromatic N) is 5. The number of hydrogen-bond donors (Lipinski definition) is 1. The van der Waals surface area contributed by atoms with E-state index < -0.39 is 0 Å². The normalized spacial score (nSPS) is 19.2. The van der Waals surface area contributed by atoms with Gasteiger partial charge in [0.25, 0.3) is 0 Å². The standard InChI is InChI=1S/C23H29BN6/c1-16(10-17-6-7-17)29-9-3-5-19(15-29)21-11-22(26-13-18-4-2-8-25-12-18)30-23(28-21)20(24)14-27-30/h2,4,8,11-12,14,17,19,26H,1,3,5-7,9-10,13,15,24H2. The van der Waals surface area contributed by atoms with Crippen LogP contribution in [0.25, 0.3) is 5.65 Å². The van der Waals surface area contributed by atoms with Gasteiger partial charge in [-0.1, -0.05) is 12.6 Å². The summed E-state index contributed by atoms with van der Waals surface area (Å²) in [6, 6.07) is 6.24. The van der Waals surface area contributed by atoms with Gasteiger partial charge in [-0.15, -0.1) is 0 Å². The minimum Gasteiger partial charge on any atom is -0.375 e. The number of fused-ring (bicyclic) bond motifs is 1. The second-order valence-electron chi connectivity index (χ2n) is 8.84. The first-order valence-corrected chi connectivity index (χ1v) is 11.1. The molecule has 30 heavy (non-hydrogen) atoms. The van der Waals surface area contributed by atoms with Crippen LogP contribution in [-0.2, 0) is 6.54 Å². The Balaban J connectivity index is 1.39. The fourth-order valence-corrected chi connectivity index (χ4v) is 4.41. The van der Waals surface area contributed by atoms with E-state index in [1.807, 2.05) is 23.0 Å². The number of aromatic nitrogens is 4. The number of likely N-dealkylation sites (tertiary alicyclic amines) is 1. The molecule has 0 aromatic carbocycles. The minimum atomic E-state index is 0.424. The average Bonchev–Trinajstić information content (AvgIpc) is 3.53. The molecule has 154 valence electrons. The highest BCUT2D eigenvalue weighted by Crippen LogP contribution is 2.37. The van der Waals surface area contributed by atoms with Crippen LogP contribution in [0, 0.1) is 5.92 Å². The molecule has 7 heteroatoms. The van der Waals surface area contributed by atoms with Crippen LogP contribution in [0.3, 0.4) is 0 Å². The van der Waals surface area contributed by atoms with Crippen LogP contribution >= 0.6 is 0 Å². The zero-order valence-corrected chi connectivity index (χ0v) is 17.7. The van der Waals surface area contributed by atoms with Gasteiger partial charge in [0.05, 0.1) is 5.69 Å². The molecule has 0 amide bonds. The molecule has 0 radical (unpaired) electrons. The highest BCUT2D eigenvalue weighted by atomic mass is 15.3. The van der Waals surface area contributed by atoms with Crippen molar-refractivity contribution in [3.05, 3.63) is 60.3 Å². The third-order valence-corrected chi connectivity index (χ3v) is 6.37. The van der Waals surface area contributed by atoms with Crippen LogP contribution in [0.15, 0.2) is 49.1 Å². The molecule has 3 aromatic rings. The first-order valence-electron chi connectivity index (χ1n) is 11.1. The molecule has 0 spiro atoms. The molecule has 1 saturated carbocycles. The SMILES string of the molecule is Bc1cnn2c(NCc3cccnc3)cc(C3CCCN(C(=C)CC4CC4)C3)nc12. The molecule has 1 saturated heterocycles. The first-order chi connectivity index (χ1) is 14.7. The molecule has 1 aliphatic carbocycles. The first kappa shape index (κ1) is 19.2. The maximum atomic E-state index is 5.03. The lowest BCUT2D eigenvalue weighted by atomic mass is 9.93. The predicted octanol–water partition coefficient (Wildman–Crippen LogP) is 2.49. The van der Waals surface area contributed by atoms with Gasteiger partial charge >= 0.3 is 0 Å². The zero-order chi connectivity index (χ0) is 20.5. The van der Waals surface area contributed by atoms with Crippen LogP contribution in [0.4, 0.5) is 5.82 Å². The van der Waals surface area contributed by atoms with E-state index in [0.717, 1.165) is 47.2 Å². The fraction of sp³-hybridized carbons (Fsp3) is 0.435. The monoisotopic (exact) mass is 400 g/mol. The number of hydrogen-bond acceptors (Lipinski definition) is 5. The van der Waals surface area contributed by atoms with Crippen molar-refractivity contribution in [3.8, 4) is 0 Å². The smallest absolute Gasteiger partial charge is 0.151 e. The lowest BCUT2D eigenvalue weighted by Crippen LogP contribution is -2.34. The molecular weight excluding hydrogens is 371 g/mol. The Morgan fingerprint density at radius 2 is 2.17 bits per heavy atom. The summed E-state index contributed by atoms with van der Waals surface area (Å²) < 4.78 is 1.92. The van der Waals surface area contributed by atoms with Crippen molar-refractivity contribution in [2.75, 3.05) is 18.4 Å². The van der Waals surface area contributed by atoms with Crippen LogP contribution in [0.2, 0.25) is 0 Å². The fourth-order valence-electron chi connectivity index (χ4n) is 4.41. The molecule has 2 fully saturated rings. The lowest BCUT2D eigenvalue weighted by molar-refractivity contribution is 0.248. The van der Waals surface area contributed by atoms with E-state index in [-0.39, 0.29) is 0 Å². The van der Waals surface area contributed by atoms with Crippen LogP contribution in [0.1, 0.15) is 49.3 Å². The summed E-state index contributed by atoms with van der Waals surface area (Å²) in [5, 5.41) is 8.11. The molecule has 3 aromatic heterocycles. The van der Waals surface area contributed by atoms with E-state index in [2.05, 4.69) is 46.9 Å². The number of piperidine rings is 1. The van der Waals surface area contributed by atoms with Gasteiger partial charge in [-0.3, -0.25) is 4.98 Å². The highest BCUT2D eigenvalue weighted by Gasteiger charge is 2.28. The van der Waals surface area contributed by atoms with Crippen LogP contribution in [0.5, 0.6) is 0 Å². The molecular formula is C23H29BN6. The van der Waals surface area contributed by atoms with Gasteiger partial charge in [0, 0.05) is 55.9 Å². The summed E-state index contributed by atoms with van der Waals surface area (Å²) in [5.41, 5.74) is 5.66. The summed E-state index contributed by atoms with van der Waals surface area (Å²) in [6.45, 7) is 7.25. The van der Waals surface area contributed by atoms with Gasteiger partial charge in [0.2, 0.25) is 0 Å². The quantitative estimate of drug-likeness (QED) is 0.618.